The van der Waals surface area contributed by atoms with E-state index in [1.807, 2.05) is 0 Å². The predicted molar refractivity (Wildman–Crippen MR) is 65.0 cm³/mol. The van der Waals surface area contributed by atoms with Gasteiger partial charge in [0.05, 0.1) is 6.54 Å². The van der Waals surface area contributed by atoms with Crippen LogP contribution in [-0.2, 0) is 22.3 Å². The van der Waals surface area contributed by atoms with Gasteiger partial charge in [-0.05, 0) is 25.7 Å². The van der Waals surface area contributed by atoms with Gasteiger partial charge in [-0.25, -0.2) is 9.97 Å². The predicted octanol–water partition coefficient (Wildman–Crippen LogP) is 1.39. The zero-order valence-corrected chi connectivity index (χ0v) is 10.4. The number of nitrogens with zero attached hydrogens (tertiary/aromatic N) is 2. The van der Waals surface area contributed by atoms with Crippen molar-refractivity contribution in [2.75, 3.05) is 26.1 Å². The van der Waals surface area contributed by atoms with Crippen molar-refractivity contribution < 1.29 is 9.47 Å². The lowest BCUT2D eigenvalue weighted by Crippen LogP contribution is -2.25. The molecule has 0 atom stereocenters. The monoisotopic (exact) mass is 237 g/mol. The molecule has 1 N–H and O–H groups in total. The van der Waals surface area contributed by atoms with Crippen LogP contribution in [0.1, 0.15) is 24.1 Å². The van der Waals surface area contributed by atoms with Crippen LogP contribution in [0.2, 0.25) is 0 Å². The van der Waals surface area contributed by atoms with Gasteiger partial charge in [0, 0.05) is 25.5 Å². The van der Waals surface area contributed by atoms with E-state index in [4.69, 9.17) is 9.47 Å². The summed E-state index contributed by atoms with van der Waals surface area (Å²) in [4.78, 5) is 8.63. The molecule has 17 heavy (non-hydrogen) atoms. The minimum atomic E-state index is -0.246. The van der Waals surface area contributed by atoms with Gasteiger partial charge >= 0.3 is 0 Å². The molecule has 1 aliphatic rings. The van der Waals surface area contributed by atoms with Crippen molar-refractivity contribution in [1.29, 1.82) is 0 Å². The Labute approximate surface area is 102 Å². The summed E-state index contributed by atoms with van der Waals surface area (Å²) in [6.45, 7) is 0.594. The third kappa shape index (κ3) is 2.92. The number of aromatic nitrogens is 2. The minimum Gasteiger partial charge on any atom is -0.365 e. The summed E-state index contributed by atoms with van der Waals surface area (Å²) in [5.41, 5.74) is 2.44. The first-order valence-corrected chi connectivity index (χ1v) is 5.97. The van der Waals surface area contributed by atoms with E-state index in [0.29, 0.717) is 6.54 Å². The van der Waals surface area contributed by atoms with Crippen molar-refractivity contribution in [3.63, 3.8) is 0 Å². The zero-order valence-electron chi connectivity index (χ0n) is 10.4. The van der Waals surface area contributed by atoms with Gasteiger partial charge in [0.25, 0.3) is 0 Å². The molecule has 1 aromatic rings. The van der Waals surface area contributed by atoms with Gasteiger partial charge in [0.15, 0.2) is 6.29 Å². The largest absolute Gasteiger partial charge is 0.365 e. The van der Waals surface area contributed by atoms with E-state index in [1.54, 1.807) is 20.5 Å². The Morgan fingerprint density at radius 1 is 1.24 bits per heavy atom. The summed E-state index contributed by atoms with van der Waals surface area (Å²) in [5, 5.41) is 3.27. The third-order valence-electron chi connectivity index (χ3n) is 3.09. The number of anilines is 1. The molecular weight excluding hydrogens is 218 g/mol. The van der Waals surface area contributed by atoms with Crippen molar-refractivity contribution in [3.05, 3.63) is 17.6 Å². The molecule has 0 aromatic carbocycles. The number of rotatable bonds is 5. The van der Waals surface area contributed by atoms with E-state index >= 15 is 0 Å². The van der Waals surface area contributed by atoms with E-state index in [-0.39, 0.29) is 6.29 Å². The number of fused-ring (bicyclic) bond motifs is 1. The molecule has 5 heteroatoms. The van der Waals surface area contributed by atoms with Crippen molar-refractivity contribution in [2.24, 2.45) is 0 Å². The van der Waals surface area contributed by atoms with Gasteiger partial charge in [-0.2, -0.15) is 0 Å². The van der Waals surface area contributed by atoms with Crippen LogP contribution in [0.15, 0.2) is 6.33 Å². The number of methoxy groups -OCH3 is 2. The van der Waals surface area contributed by atoms with Crippen LogP contribution in [0, 0.1) is 0 Å². The maximum atomic E-state index is 5.14. The van der Waals surface area contributed by atoms with Crippen molar-refractivity contribution in [3.8, 4) is 0 Å². The maximum Gasteiger partial charge on any atom is 0.173 e. The normalized spacial score (nSPS) is 14.8. The molecule has 2 rings (SSSR count). The quantitative estimate of drug-likeness (QED) is 0.784. The summed E-state index contributed by atoms with van der Waals surface area (Å²) in [7, 11) is 3.26. The first-order chi connectivity index (χ1) is 8.35. The molecule has 0 bridgehead atoms. The average molecular weight is 237 g/mol. The van der Waals surface area contributed by atoms with Gasteiger partial charge in [-0.3, -0.25) is 0 Å². The summed E-state index contributed by atoms with van der Waals surface area (Å²) in [5.74, 6) is 0.925. The van der Waals surface area contributed by atoms with E-state index in [0.717, 1.165) is 18.7 Å². The van der Waals surface area contributed by atoms with Gasteiger partial charge in [0.2, 0.25) is 0 Å². The van der Waals surface area contributed by atoms with Crippen molar-refractivity contribution in [2.45, 2.75) is 32.0 Å². The lowest BCUT2D eigenvalue weighted by atomic mass is 9.96. The minimum absolute atomic E-state index is 0.246. The van der Waals surface area contributed by atoms with E-state index in [9.17, 15) is 0 Å². The van der Waals surface area contributed by atoms with E-state index in [1.165, 1.54) is 24.1 Å². The molecule has 0 unspecified atom stereocenters. The number of hydrogen-bond acceptors (Lipinski definition) is 5. The summed E-state index contributed by atoms with van der Waals surface area (Å²) < 4.78 is 10.3. The number of aryl methyl sites for hydroxylation is 1. The molecule has 0 aliphatic heterocycles. The van der Waals surface area contributed by atoms with Crippen LogP contribution >= 0.6 is 0 Å². The highest BCUT2D eigenvalue weighted by Crippen LogP contribution is 2.24. The van der Waals surface area contributed by atoms with Gasteiger partial charge < -0.3 is 14.8 Å². The Balaban J connectivity index is 2.05. The Bertz CT molecular complexity index is 367. The van der Waals surface area contributed by atoms with Crippen molar-refractivity contribution >= 4 is 5.82 Å². The Hall–Kier alpha value is -1.20. The second kappa shape index (κ2) is 5.93. The molecule has 0 radical (unpaired) electrons. The third-order valence-corrected chi connectivity index (χ3v) is 3.09. The summed E-state index contributed by atoms with van der Waals surface area (Å²) >= 11 is 0. The summed E-state index contributed by atoms with van der Waals surface area (Å²) in [6.07, 6.45) is 5.94. The second-order valence-corrected chi connectivity index (χ2v) is 4.14. The molecule has 1 aromatic heterocycles. The van der Waals surface area contributed by atoms with E-state index < -0.39 is 0 Å². The van der Waals surface area contributed by atoms with Crippen LogP contribution in [-0.4, -0.2) is 37.0 Å². The van der Waals surface area contributed by atoms with Crippen LogP contribution < -0.4 is 5.32 Å². The highest BCUT2D eigenvalue weighted by molar-refractivity contribution is 5.46. The lowest BCUT2D eigenvalue weighted by Gasteiger charge is -2.20. The molecule has 0 amide bonds. The van der Waals surface area contributed by atoms with Crippen LogP contribution in [0.5, 0.6) is 0 Å². The molecule has 0 saturated heterocycles. The Kier molecular flexibility index (Phi) is 4.28. The van der Waals surface area contributed by atoms with Crippen molar-refractivity contribution in [1.82, 2.24) is 9.97 Å². The standard InChI is InChI=1S/C12H19N3O2/c1-16-11(17-2)7-13-12-9-5-3-4-6-10(9)14-8-15-12/h8,11H,3-7H2,1-2H3,(H,13,14,15). The summed E-state index contributed by atoms with van der Waals surface area (Å²) in [6, 6.07) is 0. The number of ether oxygens (including phenoxy) is 2. The van der Waals surface area contributed by atoms with Gasteiger partial charge in [-0.1, -0.05) is 0 Å². The lowest BCUT2D eigenvalue weighted by molar-refractivity contribution is -0.0914. The van der Waals surface area contributed by atoms with E-state index in [2.05, 4.69) is 15.3 Å². The molecule has 1 heterocycles. The smallest absolute Gasteiger partial charge is 0.173 e. The Morgan fingerprint density at radius 3 is 2.76 bits per heavy atom. The fourth-order valence-electron chi connectivity index (χ4n) is 2.12. The highest BCUT2D eigenvalue weighted by atomic mass is 16.7. The molecule has 5 nitrogen and oxygen atoms in total. The molecule has 94 valence electrons. The SMILES string of the molecule is COC(CNc1ncnc2c1CCCC2)OC. The van der Waals surface area contributed by atoms with Gasteiger partial charge in [0.1, 0.15) is 12.1 Å². The van der Waals surface area contributed by atoms with Crippen LogP contribution in [0.3, 0.4) is 0 Å². The maximum absolute atomic E-state index is 5.14. The number of nitrogens with one attached hydrogen (secondary N) is 1. The molecule has 0 spiro atoms. The fourth-order valence-corrected chi connectivity index (χ4v) is 2.12. The first-order valence-electron chi connectivity index (χ1n) is 5.97. The Morgan fingerprint density at radius 2 is 2.00 bits per heavy atom. The average Bonchev–Trinajstić information content (AvgIpc) is 2.40. The zero-order chi connectivity index (χ0) is 12.1. The molecular formula is C12H19N3O2. The molecule has 0 fully saturated rings. The highest BCUT2D eigenvalue weighted by Gasteiger charge is 2.16. The molecule has 1 aliphatic carbocycles. The van der Waals surface area contributed by atoms with Crippen LogP contribution in [0.25, 0.3) is 0 Å². The second-order valence-electron chi connectivity index (χ2n) is 4.14. The topological polar surface area (TPSA) is 56.3 Å². The van der Waals surface area contributed by atoms with Crippen LogP contribution in [0.4, 0.5) is 5.82 Å². The fraction of sp³-hybridized carbons (Fsp3) is 0.667. The van der Waals surface area contributed by atoms with Gasteiger partial charge in [-0.15, -0.1) is 0 Å². The number of hydrogen-bond donors (Lipinski definition) is 1. The first kappa shape index (κ1) is 12.3. The molecule has 0 saturated carbocycles.